The number of guanidine groups is 1. The number of nitrogens with zero attached hydrogens (tertiary/aromatic N) is 1. The Bertz CT molecular complexity index is 595. The number of halogens is 4. The molecule has 1 fully saturated rings. The predicted octanol–water partition coefficient (Wildman–Crippen LogP) is 3.45. The maximum atomic E-state index is 12.5. The Morgan fingerprint density at radius 2 is 1.97 bits per heavy atom. The molecule has 10 heteroatoms. The summed E-state index contributed by atoms with van der Waals surface area (Å²) in [5.41, 5.74) is -0.691. The van der Waals surface area contributed by atoms with Gasteiger partial charge in [-0.25, -0.2) is 0 Å². The maximum absolute atomic E-state index is 12.5. The van der Waals surface area contributed by atoms with Crippen LogP contribution in [-0.4, -0.2) is 58.1 Å². The summed E-state index contributed by atoms with van der Waals surface area (Å²) in [6.45, 7) is 6.19. The maximum Gasteiger partial charge on any atom is 0.416 e. The Morgan fingerprint density at radius 1 is 1.21 bits per heavy atom. The lowest BCUT2D eigenvalue weighted by Gasteiger charge is -2.13. The molecule has 0 saturated carbocycles. The van der Waals surface area contributed by atoms with Crippen molar-refractivity contribution in [2.45, 2.75) is 32.0 Å². The molecule has 0 bridgehead atoms. The highest BCUT2D eigenvalue weighted by Crippen LogP contribution is 2.30. The number of nitrogens with one attached hydrogen (secondary N) is 2. The molecule has 2 N–H and O–H groups in total. The molecule has 6 nitrogen and oxygen atoms in total. The first-order valence-corrected chi connectivity index (χ1v) is 9.50. The van der Waals surface area contributed by atoms with Gasteiger partial charge in [0, 0.05) is 26.3 Å². The summed E-state index contributed by atoms with van der Waals surface area (Å²) in [6.07, 6.45) is -2.37. The van der Waals surface area contributed by atoms with E-state index < -0.39 is 11.7 Å². The second-order valence-electron chi connectivity index (χ2n) is 6.27. The highest BCUT2D eigenvalue weighted by atomic mass is 127. The summed E-state index contributed by atoms with van der Waals surface area (Å²) >= 11 is 0. The Balaban J connectivity index is 0.00000420. The van der Waals surface area contributed by atoms with Gasteiger partial charge in [-0.3, -0.25) is 4.99 Å². The van der Waals surface area contributed by atoms with E-state index in [1.54, 1.807) is 0 Å². The van der Waals surface area contributed by atoms with Gasteiger partial charge >= 0.3 is 6.18 Å². The van der Waals surface area contributed by atoms with Crippen molar-refractivity contribution in [3.05, 3.63) is 29.8 Å². The molecule has 2 rings (SSSR count). The molecule has 0 aromatic heterocycles. The van der Waals surface area contributed by atoms with Crippen LogP contribution in [0.1, 0.15) is 25.3 Å². The molecule has 1 saturated heterocycles. The highest BCUT2D eigenvalue weighted by molar-refractivity contribution is 14.0. The molecular formula is C19H29F3IN3O3. The minimum atomic E-state index is -4.34. The van der Waals surface area contributed by atoms with Crippen LogP contribution < -0.4 is 15.4 Å². The predicted molar refractivity (Wildman–Crippen MR) is 116 cm³/mol. The van der Waals surface area contributed by atoms with Crippen LogP contribution >= 0.6 is 24.0 Å². The molecule has 0 radical (unpaired) electrons. The second kappa shape index (κ2) is 13.9. The van der Waals surface area contributed by atoms with Gasteiger partial charge in [0.1, 0.15) is 12.4 Å². The number of hydrogen-bond acceptors (Lipinski definition) is 4. The molecule has 0 aliphatic carbocycles. The summed E-state index contributed by atoms with van der Waals surface area (Å²) in [5.74, 6) is 1.06. The Morgan fingerprint density at radius 3 is 2.59 bits per heavy atom. The van der Waals surface area contributed by atoms with Crippen LogP contribution in [0.25, 0.3) is 0 Å². The Kier molecular flexibility index (Phi) is 12.3. The number of ether oxygens (including phenoxy) is 3. The van der Waals surface area contributed by atoms with Crippen LogP contribution in [0.5, 0.6) is 5.75 Å². The molecule has 29 heavy (non-hydrogen) atoms. The zero-order chi connectivity index (χ0) is 20.2. The van der Waals surface area contributed by atoms with Crippen molar-refractivity contribution in [2.24, 2.45) is 4.99 Å². The van der Waals surface area contributed by atoms with Crippen molar-refractivity contribution in [3.63, 3.8) is 0 Å². The lowest BCUT2D eigenvalue weighted by Crippen LogP contribution is -2.39. The first-order valence-electron chi connectivity index (χ1n) is 9.50. The van der Waals surface area contributed by atoms with Crippen molar-refractivity contribution >= 4 is 29.9 Å². The molecule has 1 aromatic rings. The Labute approximate surface area is 186 Å². The largest absolute Gasteiger partial charge is 0.492 e. The van der Waals surface area contributed by atoms with Crippen LogP contribution in [0.3, 0.4) is 0 Å². The topological polar surface area (TPSA) is 64.1 Å². The van der Waals surface area contributed by atoms with E-state index >= 15 is 0 Å². The third-order valence-corrected chi connectivity index (χ3v) is 4.00. The second-order valence-corrected chi connectivity index (χ2v) is 6.27. The summed E-state index contributed by atoms with van der Waals surface area (Å²) in [5, 5.41) is 6.27. The fraction of sp³-hybridized carbons (Fsp3) is 0.632. The van der Waals surface area contributed by atoms with Crippen molar-refractivity contribution < 1.29 is 27.4 Å². The molecule has 1 unspecified atom stereocenters. The number of rotatable bonds is 10. The molecule has 1 aromatic carbocycles. The smallest absolute Gasteiger partial charge is 0.416 e. The number of aliphatic imine (C=N–C) groups is 1. The van der Waals surface area contributed by atoms with Gasteiger partial charge in [0.15, 0.2) is 5.96 Å². The van der Waals surface area contributed by atoms with Crippen LogP contribution in [-0.2, 0) is 15.7 Å². The third kappa shape index (κ3) is 10.4. The van der Waals surface area contributed by atoms with E-state index in [2.05, 4.69) is 15.6 Å². The van der Waals surface area contributed by atoms with E-state index in [9.17, 15) is 13.2 Å². The van der Waals surface area contributed by atoms with E-state index in [-0.39, 0.29) is 30.1 Å². The van der Waals surface area contributed by atoms with Crippen molar-refractivity contribution in [2.75, 3.05) is 46.1 Å². The summed E-state index contributed by atoms with van der Waals surface area (Å²) in [6, 6.07) is 4.65. The van der Waals surface area contributed by atoms with Crippen molar-refractivity contribution in [1.82, 2.24) is 10.6 Å². The molecule has 1 aliphatic rings. The van der Waals surface area contributed by atoms with E-state index in [0.29, 0.717) is 44.6 Å². The zero-order valence-electron chi connectivity index (χ0n) is 16.5. The minimum Gasteiger partial charge on any atom is -0.492 e. The van der Waals surface area contributed by atoms with E-state index in [1.165, 1.54) is 12.1 Å². The Hall–Kier alpha value is -1.27. The van der Waals surface area contributed by atoms with E-state index in [1.807, 2.05) is 6.92 Å². The summed E-state index contributed by atoms with van der Waals surface area (Å²) in [7, 11) is 0. The molecule has 1 heterocycles. The van der Waals surface area contributed by atoms with Gasteiger partial charge in [0.25, 0.3) is 0 Å². The van der Waals surface area contributed by atoms with Crippen LogP contribution in [0.4, 0.5) is 13.2 Å². The first-order chi connectivity index (χ1) is 13.5. The van der Waals surface area contributed by atoms with Gasteiger partial charge in [0.2, 0.25) is 0 Å². The molecule has 166 valence electrons. The fourth-order valence-electron chi connectivity index (χ4n) is 2.57. The van der Waals surface area contributed by atoms with Gasteiger partial charge in [0.05, 0.1) is 24.8 Å². The quantitative estimate of drug-likeness (QED) is 0.210. The van der Waals surface area contributed by atoms with Gasteiger partial charge in [-0.2, -0.15) is 13.2 Å². The first kappa shape index (κ1) is 25.8. The van der Waals surface area contributed by atoms with Crippen LogP contribution in [0, 0.1) is 0 Å². The molecule has 1 atom stereocenters. The van der Waals surface area contributed by atoms with Crippen LogP contribution in [0.15, 0.2) is 29.3 Å². The molecular weight excluding hydrogens is 502 g/mol. The van der Waals surface area contributed by atoms with E-state index in [4.69, 9.17) is 14.2 Å². The van der Waals surface area contributed by atoms with Gasteiger partial charge in [-0.15, -0.1) is 24.0 Å². The average Bonchev–Trinajstić information content (AvgIpc) is 3.18. The average molecular weight is 531 g/mol. The molecule has 0 spiro atoms. The van der Waals surface area contributed by atoms with Gasteiger partial charge in [-0.1, -0.05) is 0 Å². The lowest BCUT2D eigenvalue weighted by molar-refractivity contribution is -0.137. The zero-order valence-corrected chi connectivity index (χ0v) is 18.8. The minimum absolute atomic E-state index is 0. The monoisotopic (exact) mass is 531 g/mol. The standard InChI is InChI=1S/C19H28F3N3O3.HI/c1-2-23-18(24-9-3-11-27-17-8-12-26-14-17)25-10-13-28-16-6-4-15(5-7-16)19(20,21)22;/h4-7,17H,2-3,8-14H2,1H3,(H2,23,24,25);1H. The van der Waals surface area contributed by atoms with Crippen molar-refractivity contribution in [1.29, 1.82) is 0 Å². The lowest BCUT2D eigenvalue weighted by atomic mass is 10.2. The summed E-state index contributed by atoms with van der Waals surface area (Å²) < 4.78 is 54.0. The van der Waals surface area contributed by atoms with Crippen molar-refractivity contribution in [3.8, 4) is 5.75 Å². The molecule has 1 aliphatic heterocycles. The van der Waals surface area contributed by atoms with Gasteiger partial charge < -0.3 is 24.8 Å². The third-order valence-electron chi connectivity index (χ3n) is 4.00. The highest BCUT2D eigenvalue weighted by Gasteiger charge is 2.30. The number of hydrogen-bond donors (Lipinski definition) is 2. The van der Waals surface area contributed by atoms with Crippen LogP contribution in [0.2, 0.25) is 0 Å². The summed E-state index contributed by atoms with van der Waals surface area (Å²) in [4.78, 5) is 4.46. The SMILES string of the molecule is CCNC(=NCCCOC1CCOC1)NCCOc1ccc(C(F)(F)F)cc1.I. The number of alkyl halides is 3. The molecule has 0 amide bonds. The fourth-order valence-corrected chi connectivity index (χ4v) is 2.57. The van der Waals surface area contributed by atoms with E-state index in [0.717, 1.165) is 38.1 Å². The number of benzene rings is 1. The normalized spacial score (nSPS) is 17.0. The van der Waals surface area contributed by atoms with Gasteiger partial charge in [-0.05, 0) is 44.0 Å².